The normalized spacial score (nSPS) is 7.92. The third-order valence-corrected chi connectivity index (χ3v) is 1.37. The van der Waals surface area contributed by atoms with Gasteiger partial charge in [0.25, 0.3) is 0 Å². The highest BCUT2D eigenvalue weighted by Gasteiger charge is 1.99. The van der Waals surface area contributed by atoms with Crippen molar-refractivity contribution in [2.45, 2.75) is 41.2 Å². The van der Waals surface area contributed by atoms with Crippen LogP contribution < -0.4 is 5.73 Å². The van der Waals surface area contributed by atoms with Crippen LogP contribution in [-0.2, 0) is 13.6 Å². The minimum atomic E-state index is 0.456. The van der Waals surface area contributed by atoms with Crippen molar-refractivity contribution in [1.29, 1.82) is 0 Å². The molecule has 78 valence electrons. The van der Waals surface area contributed by atoms with Crippen molar-refractivity contribution in [2.24, 2.45) is 12.8 Å². The standard InChI is InChI=1S/C5H10N4.2C2H6/c1-4-7-8-5(3-6)9(4)2;2*1-2/h3,6H2,1-2H3;2*1-2H3. The lowest BCUT2D eigenvalue weighted by molar-refractivity contribution is 0.773. The first-order chi connectivity index (χ1) is 6.25. The van der Waals surface area contributed by atoms with Gasteiger partial charge in [0, 0.05) is 7.05 Å². The molecule has 4 heteroatoms. The van der Waals surface area contributed by atoms with Crippen molar-refractivity contribution in [2.75, 3.05) is 0 Å². The molecule has 1 rings (SSSR count). The van der Waals surface area contributed by atoms with E-state index in [2.05, 4.69) is 10.2 Å². The first-order valence-corrected chi connectivity index (χ1v) is 4.80. The summed E-state index contributed by atoms with van der Waals surface area (Å²) in [5.41, 5.74) is 5.34. The van der Waals surface area contributed by atoms with Crippen molar-refractivity contribution >= 4 is 0 Å². The van der Waals surface area contributed by atoms with Gasteiger partial charge in [-0.1, -0.05) is 27.7 Å². The van der Waals surface area contributed by atoms with E-state index < -0.39 is 0 Å². The molecule has 0 amide bonds. The topological polar surface area (TPSA) is 56.7 Å². The summed E-state index contributed by atoms with van der Waals surface area (Å²) in [7, 11) is 1.90. The lowest BCUT2D eigenvalue weighted by Crippen LogP contribution is -2.05. The Balaban J connectivity index is 0. The lowest BCUT2D eigenvalue weighted by atomic mass is 10.6. The highest BCUT2D eigenvalue weighted by molar-refractivity contribution is 4.90. The lowest BCUT2D eigenvalue weighted by Gasteiger charge is -1.94. The van der Waals surface area contributed by atoms with Crippen LogP contribution in [0.1, 0.15) is 39.3 Å². The van der Waals surface area contributed by atoms with Gasteiger partial charge in [0.15, 0.2) is 0 Å². The van der Waals surface area contributed by atoms with Crippen LogP contribution >= 0.6 is 0 Å². The first kappa shape index (κ1) is 14.6. The monoisotopic (exact) mass is 186 g/mol. The molecule has 1 aromatic rings. The number of nitrogens with zero attached hydrogens (tertiary/aromatic N) is 3. The van der Waals surface area contributed by atoms with Crippen molar-refractivity contribution < 1.29 is 0 Å². The average molecular weight is 186 g/mol. The second kappa shape index (κ2) is 9.19. The molecular formula is C9H22N4. The fourth-order valence-electron chi connectivity index (χ4n) is 0.629. The zero-order chi connectivity index (χ0) is 10.9. The molecule has 0 aromatic carbocycles. The molecule has 0 saturated heterocycles. The van der Waals surface area contributed by atoms with E-state index in [0.29, 0.717) is 6.54 Å². The Bertz CT molecular complexity index is 205. The summed E-state index contributed by atoms with van der Waals surface area (Å²) in [6, 6.07) is 0. The maximum atomic E-state index is 5.34. The molecule has 0 aliphatic carbocycles. The molecule has 0 fully saturated rings. The third kappa shape index (κ3) is 4.62. The molecule has 0 aliphatic heterocycles. The van der Waals surface area contributed by atoms with Crippen molar-refractivity contribution in [3.05, 3.63) is 11.6 Å². The number of aryl methyl sites for hydroxylation is 1. The SMILES string of the molecule is CC.CC.Cc1nnc(CN)n1C. The van der Waals surface area contributed by atoms with Gasteiger partial charge in [0.1, 0.15) is 11.6 Å². The zero-order valence-electron chi connectivity index (χ0n) is 9.63. The molecule has 0 bridgehead atoms. The third-order valence-electron chi connectivity index (χ3n) is 1.37. The van der Waals surface area contributed by atoms with E-state index in [9.17, 15) is 0 Å². The van der Waals surface area contributed by atoms with Gasteiger partial charge >= 0.3 is 0 Å². The van der Waals surface area contributed by atoms with Crippen LogP contribution in [0.4, 0.5) is 0 Å². The molecule has 13 heavy (non-hydrogen) atoms. The summed E-state index contributed by atoms with van der Waals surface area (Å²) in [4.78, 5) is 0. The number of aromatic nitrogens is 3. The molecule has 2 N–H and O–H groups in total. The van der Waals surface area contributed by atoms with Crippen LogP contribution in [0.25, 0.3) is 0 Å². The zero-order valence-corrected chi connectivity index (χ0v) is 9.63. The molecule has 0 spiro atoms. The van der Waals surface area contributed by atoms with Gasteiger partial charge in [-0.05, 0) is 6.92 Å². The molecule has 4 nitrogen and oxygen atoms in total. The van der Waals surface area contributed by atoms with Crippen LogP contribution in [0.15, 0.2) is 0 Å². The Morgan fingerprint density at radius 1 is 1.15 bits per heavy atom. The predicted octanol–water partition coefficient (Wildman–Crippen LogP) is 1.63. The predicted molar refractivity (Wildman–Crippen MR) is 56.3 cm³/mol. The molecule has 1 heterocycles. The molecular weight excluding hydrogens is 164 g/mol. The van der Waals surface area contributed by atoms with Crippen molar-refractivity contribution in [3.63, 3.8) is 0 Å². The second-order valence-electron chi connectivity index (χ2n) is 1.93. The van der Waals surface area contributed by atoms with E-state index in [1.807, 2.05) is 46.2 Å². The summed E-state index contributed by atoms with van der Waals surface area (Å²) < 4.78 is 1.88. The van der Waals surface area contributed by atoms with Gasteiger partial charge in [-0.25, -0.2) is 0 Å². The second-order valence-corrected chi connectivity index (χ2v) is 1.93. The van der Waals surface area contributed by atoms with Crippen LogP contribution in [0.3, 0.4) is 0 Å². The Morgan fingerprint density at radius 2 is 1.62 bits per heavy atom. The fraction of sp³-hybridized carbons (Fsp3) is 0.778. The first-order valence-electron chi connectivity index (χ1n) is 4.80. The van der Waals surface area contributed by atoms with Gasteiger partial charge in [0.05, 0.1) is 6.54 Å². The van der Waals surface area contributed by atoms with Crippen molar-refractivity contribution in [1.82, 2.24) is 14.8 Å². The van der Waals surface area contributed by atoms with Crippen LogP contribution in [-0.4, -0.2) is 14.8 Å². The van der Waals surface area contributed by atoms with Crippen LogP contribution in [0.5, 0.6) is 0 Å². The number of rotatable bonds is 1. The van der Waals surface area contributed by atoms with E-state index in [1.165, 1.54) is 0 Å². The quantitative estimate of drug-likeness (QED) is 0.725. The maximum absolute atomic E-state index is 5.34. The number of hydrogen-bond donors (Lipinski definition) is 1. The number of nitrogens with two attached hydrogens (primary N) is 1. The molecule has 0 atom stereocenters. The van der Waals surface area contributed by atoms with Gasteiger partial charge in [0.2, 0.25) is 0 Å². The van der Waals surface area contributed by atoms with E-state index in [1.54, 1.807) is 0 Å². The number of hydrogen-bond acceptors (Lipinski definition) is 3. The smallest absolute Gasteiger partial charge is 0.146 e. The Labute approximate surface area is 81.2 Å². The molecule has 0 saturated carbocycles. The van der Waals surface area contributed by atoms with E-state index in [-0.39, 0.29) is 0 Å². The van der Waals surface area contributed by atoms with Crippen molar-refractivity contribution in [3.8, 4) is 0 Å². The van der Waals surface area contributed by atoms with Crippen LogP contribution in [0.2, 0.25) is 0 Å². The van der Waals surface area contributed by atoms with Gasteiger partial charge in [-0.2, -0.15) is 0 Å². The maximum Gasteiger partial charge on any atom is 0.146 e. The summed E-state index contributed by atoms with van der Waals surface area (Å²) in [6.07, 6.45) is 0. The van der Waals surface area contributed by atoms with E-state index in [4.69, 9.17) is 5.73 Å². The average Bonchev–Trinajstić information content (AvgIpc) is 2.54. The Kier molecular flexibility index (Phi) is 10.3. The minimum Gasteiger partial charge on any atom is -0.324 e. The van der Waals surface area contributed by atoms with Gasteiger partial charge in [-0.3, -0.25) is 0 Å². The van der Waals surface area contributed by atoms with E-state index in [0.717, 1.165) is 11.6 Å². The molecule has 0 aliphatic rings. The van der Waals surface area contributed by atoms with Gasteiger partial charge in [-0.15, -0.1) is 10.2 Å². The summed E-state index contributed by atoms with van der Waals surface area (Å²) in [5.74, 6) is 1.72. The van der Waals surface area contributed by atoms with Gasteiger partial charge < -0.3 is 10.3 Å². The highest BCUT2D eigenvalue weighted by Crippen LogP contribution is 1.93. The van der Waals surface area contributed by atoms with Crippen LogP contribution in [0, 0.1) is 6.92 Å². The molecule has 0 radical (unpaired) electrons. The summed E-state index contributed by atoms with van der Waals surface area (Å²) >= 11 is 0. The minimum absolute atomic E-state index is 0.456. The molecule has 1 aromatic heterocycles. The highest BCUT2D eigenvalue weighted by atomic mass is 15.3. The summed E-state index contributed by atoms with van der Waals surface area (Å²) in [6.45, 7) is 10.4. The Morgan fingerprint density at radius 3 is 1.77 bits per heavy atom. The van der Waals surface area contributed by atoms with E-state index >= 15 is 0 Å². The molecule has 0 unspecified atom stereocenters. The summed E-state index contributed by atoms with van der Waals surface area (Å²) in [5, 5.41) is 7.64. The fourth-order valence-corrected chi connectivity index (χ4v) is 0.629. The largest absolute Gasteiger partial charge is 0.324 e. The Hall–Kier alpha value is -0.900.